The molecule has 1 rings (SSSR count). The molecule has 0 spiro atoms. The van der Waals surface area contributed by atoms with Gasteiger partial charge in [-0.1, -0.05) is 57.9 Å². The van der Waals surface area contributed by atoms with Gasteiger partial charge in [-0.2, -0.15) is 0 Å². The Hall–Kier alpha value is -0.860. The summed E-state index contributed by atoms with van der Waals surface area (Å²) in [7, 11) is 0. The van der Waals surface area contributed by atoms with Gasteiger partial charge in [-0.25, -0.2) is 0 Å². The van der Waals surface area contributed by atoms with Crippen LogP contribution in [-0.4, -0.2) is 0 Å². The minimum Gasteiger partial charge on any atom is -0.271 e. The zero-order chi connectivity index (χ0) is 12.0. The lowest BCUT2D eigenvalue weighted by atomic mass is 9.92. The number of aryl methyl sites for hydroxylation is 1. The van der Waals surface area contributed by atoms with Gasteiger partial charge >= 0.3 is 0 Å². The molecular weight excluding hydrogens is 196 g/mol. The van der Waals surface area contributed by atoms with Gasteiger partial charge in [-0.3, -0.25) is 11.3 Å². The first kappa shape index (κ1) is 13.2. The van der Waals surface area contributed by atoms with Crippen LogP contribution in [0.25, 0.3) is 0 Å². The van der Waals surface area contributed by atoms with E-state index in [1.165, 1.54) is 17.5 Å². The molecule has 0 fully saturated rings. The fraction of sp³-hybridized carbons (Fsp3) is 0.571. The summed E-state index contributed by atoms with van der Waals surface area (Å²) in [5, 5.41) is 0. The van der Waals surface area contributed by atoms with E-state index >= 15 is 0 Å². The summed E-state index contributed by atoms with van der Waals surface area (Å²) in [4.78, 5) is 0. The zero-order valence-corrected chi connectivity index (χ0v) is 10.7. The monoisotopic (exact) mass is 220 g/mol. The van der Waals surface area contributed by atoms with Gasteiger partial charge in [0, 0.05) is 6.04 Å². The summed E-state index contributed by atoms with van der Waals surface area (Å²) in [5.74, 6) is 6.19. The predicted molar refractivity (Wildman–Crippen MR) is 70.0 cm³/mol. The van der Waals surface area contributed by atoms with Crippen molar-refractivity contribution in [3.05, 3.63) is 35.4 Å². The van der Waals surface area contributed by atoms with Gasteiger partial charge in [-0.15, -0.1) is 0 Å². The SMILES string of the molecule is CCCc1ccc(C(NN)C(C)CC)cc1. The third kappa shape index (κ3) is 3.32. The number of rotatable bonds is 6. The minimum atomic E-state index is 0.265. The molecule has 1 aromatic rings. The van der Waals surface area contributed by atoms with Gasteiger partial charge in [0.2, 0.25) is 0 Å². The molecule has 0 bridgehead atoms. The van der Waals surface area contributed by atoms with Crippen molar-refractivity contribution in [1.29, 1.82) is 0 Å². The second-order valence-electron chi connectivity index (χ2n) is 4.52. The summed E-state index contributed by atoms with van der Waals surface area (Å²) in [6.07, 6.45) is 3.49. The van der Waals surface area contributed by atoms with Crippen molar-refractivity contribution >= 4 is 0 Å². The van der Waals surface area contributed by atoms with Gasteiger partial charge < -0.3 is 0 Å². The highest BCUT2D eigenvalue weighted by Crippen LogP contribution is 2.23. The predicted octanol–water partition coefficient (Wildman–Crippen LogP) is 3.19. The lowest BCUT2D eigenvalue weighted by Gasteiger charge is -2.22. The summed E-state index contributed by atoms with van der Waals surface area (Å²) < 4.78 is 0. The number of nitrogens with one attached hydrogen (secondary N) is 1. The first-order valence-corrected chi connectivity index (χ1v) is 6.27. The second kappa shape index (κ2) is 6.66. The fourth-order valence-electron chi connectivity index (χ4n) is 2.01. The fourth-order valence-corrected chi connectivity index (χ4v) is 2.01. The average molecular weight is 220 g/mol. The average Bonchev–Trinajstić information content (AvgIpc) is 2.32. The van der Waals surface area contributed by atoms with Crippen LogP contribution >= 0.6 is 0 Å². The molecule has 2 heteroatoms. The Balaban J connectivity index is 2.78. The van der Waals surface area contributed by atoms with E-state index in [1.807, 2.05) is 0 Å². The highest BCUT2D eigenvalue weighted by atomic mass is 15.2. The molecule has 0 heterocycles. The minimum absolute atomic E-state index is 0.265. The molecule has 2 nitrogen and oxygen atoms in total. The van der Waals surface area contributed by atoms with Gasteiger partial charge in [-0.05, 0) is 23.5 Å². The number of hydrazine groups is 1. The number of hydrogen-bond acceptors (Lipinski definition) is 2. The molecule has 0 aliphatic carbocycles. The number of benzene rings is 1. The largest absolute Gasteiger partial charge is 0.271 e. The zero-order valence-electron chi connectivity index (χ0n) is 10.7. The maximum absolute atomic E-state index is 5.63. The molecular formula is C14H24N2. The Bertz CT molecular complexity index is 292. The van der Waals surface area contributed by atoms with E-state index in [2.05, 4.69) is 50.5 Å². The van der Waals surface area contributed by atoms with Crippen LogP contribution < -0.4 is 11.3 Å². The quantitative estimate of drug-likeness (QED) is 0.571. The van der Waals surface area contributed by atoms with Crippen LogP contribution in [0.4, 0.5) is 0 Å². The highest BCUT2D eigenvalue weighted by molar-refractivity contribution is 5.25. The van der Waals surface area contributed by atoms with Gasteiger partial charge in [0.05, 0.1) is 0 Å². The van der Waals surface area contributed by atoms with E-state index in [4.69, 9.17) is 5.84 Å². The molecule has 0 amide bonds. The van der Waals surface area contributed by atoms with Crippen molar-refractivity contribution in [2.45, 2.75) is 46.1 Å². The van der Waals surface area contributed by atoms with Crippen molar-refractivity contribution in [3.8, 4) is 0 Å². The van der Waals surface area contributed by atoms with Crippen LogP contribution in [0.5, 0.6) is 0 Å². The van der Waals surface area contributed by atoms with Gasteiger partial charge in [0.1, 0.15) is 0 Å². The molecule has 90 valence electrons. The molecule has 0 saturated heterocycles. The van der Waals surface area contributed by atoms with Crippen LogP contribution in [-0.2, 0) is 6.42 Å². The third-order valence-electron chi connectivity index (χ3n) is 3.27. The second-order valence-corrected chi connectivity index (χ2v) is 4.52. The third-order valence-corrected chi connectivity index (χ3v) is 3.27. The maximum Gasteiger partial charge on any atom is 0.0485 e. The van der Waals surface area contributed by atoms with Crippen molar-refractivity contribution in [1.82, 2.24) is 5.43 Å². The first-order valence-electron chi connectivity index (χ1n) is 6.27. The summed E-state index contributed by atoms with van der Waals surface area (Å²) in [6.45, 7) is 6.63. The molecule has 0 radical (unpaired) electrons. The highest BCUT2D eigenvalue weighted by Gasteiger charge is 2.15. The molecule has 0 aliphatic rings. The standard InChI is InChI=1S/C14H24N2/c1-4-6-12-7-9-13(10-8-12)14(16-15)11(3)5-2/h7-11,14,16H,4-6,15H2,1-3H3. The summed E-state index contributed by atoms with van der Waals surface area (Å²) in [5.41, 5.74) is 5.62. The van der Waals surface area contributed by atoms with Gasteiger partial charge in [0.15, 0.2) is 0 Å². The molecule has 2 atom stereocenters. The van der Waals surface area contributed by atoms with Crippen LogP contribution in [0.15, 0.2) is 24.3 Å². The van der Waals surface area contributed by atoms with E-state index in [1.54, 1.807) is 0 Å². The summed E-state index contributed by atoms with van der Waals surface area (Å²) in [6, 6.07) is 9.08. The lowest BCUT2D eigenvalue weighted by Crippen LogP contribution is -2.32. The van der Waals surface area contributed by atoms with Crippen molar-refractivity contribution in [2.24, 2.45) is 11.8 Å². The van der Waals surface area contributed by atoms with E-state index in [9.17, 15) is 0 Å². The summed E-state index contributed by atoms with van der Waals surface area (Å²) >= 11 is 0. The van der Waals surface area contributed by atoms with E-state index in [0.717, 1.165) is 12.8 Å². The van der Waals surface area contributed by atoms with Crippen molar-refractivity contribution in [3.63, 3.8) is 0 Å². The topological polar surface area (TPSA) is 38.0 Å². The van der Waals surface area contributed by atoms with Crippen molar-refractivity contribution in [2.75, 3.05) is 0 Å². The molecule has 1 aromatic carbocycles. The maximum atomic E-state index is 5.63. The van der Waals surface area contributed by atoms with Crippen molar-refractivity contribution < 1.29 is 0 Å². The Morgan fingerprint density at radius 2 is 1.81 bits per heavy atom. The Labute approximate surface area is 99.2 Å². The molecule has 0 saturated carbocycles. The molecule has 16 heavy (non-hydrogen) atoms. The Kier molecular flexibility index (Phi) is 5.50. The van der Waals surface area contributed by atoms with Crippen LogP contribution in [0.1, 0.15) is 50.8 Å². The van der Waals surface area contributed by atoms with Crippen LogP contribution in [0.2, 0.25) is 0 Å². The first-order chi connectivity index (χ1) is 7.72. The van der Waals surface area contributed by atoms with Crippen LogP contribution in [0, 0.1) is 5.92 Å². The molecule has 2 unspecified atom stereocenters. The lowest BCUT2D eigenvalue weighted by molar-refractivity contribution is 0.383. The van der Waals surface area contributed by atoms with Crippen LogP contribution in [0.3, 0.4) is 0 Å². The smallest absolute Gasteiger partial charge is 0.0485 e. The van der Waals surface area contributed by atoms with E-state index in [-0.39, 0.29) is 6.04 Å². The normalized spacial score (nSPS) is 14.8. The molecule has 3 N–H and O–H groups in total. The Morgan fingerprint density at radius 3 is 2.25 bits per heavy atom. The van der Waals surface area contributed by atoms with E-state index in [0.29, 0.717) is 5.92 Å². The van der Waals surface area contributed by atoms with Gasteiger partial charge in [0.25, 0.3) is 0 Å². The van der Waals surface area contributed by atoms with E-state index < -0.39 is 0 Å². The molecule has 0 aromatic heterocycles. The number of hydrogen-bond donors (Lipinski definition) is 2. The Morgan fingerprint density at radius 1 is 1.19 bits per heavy atom. The molecule has 0 aliphatic heterocycles. The number of nitrogens with two attached hydrogens (primary N) is 1.